The van der Waals surface area contributed by atoms with E-state index >= 15 is 0 Å². The third-order valence-electron chi connectivity index (χ3n) is 5.73. The van der Waals surface area contributed by atoms with Gasteiger partial charge >= 0.3 is 5.97 Å². The van der Waals surface area contributed by atoms with Crippen LogP contribution in [-0.4, -0.2) is 46.9 Å². The highest BCUT2D eigenvalue weighted by atomic mass is 16.5. The zero-order chi connectivity index (χ0) is 19.5. The van der Waals surface area contributed by atoms with Crippen molar-refractivity contribution in [1.82, 2.24) is 9.80 Å². The molecule has 2 aromatic carbocycles. The van der Waals surface area contributed by atoms with Crippen LogP contribution in [0.15, 0.2) is 60.7 Å². The van der Waals surface area contributed by atoms with Crippen LogP contribution in [0.3, 0.4) is 0 Å². The Hall–Kier alpha value is -2.66. The summed E-state index contributed by atoms with van der Waals surface area (Å²) < 4.78 is 5.31. The van der Waals surface area contributed by atoms with Gasteiger partial charge in [0.1, 0.15) is 6.04 Å². The number of carbonyl (C=O) groups excluding carboxylic acids is 2. The van der Waals surface area contributed by atoms with Gasteiger partial charge in [-0.15, -0.1) is 0 Å². The number of amides is 1. The summed E-state index contributed by atoms with van der Waals surface area (Å²) in [4.78, 5) is 29.8. The second-order valence-electron chi connectivity index (χ2n) is 7.57. The average Bonchev–Trinajstić information content (AvgIpc) is 3.21. The van der Waals surface area contributed by atoms with Gasteiger partial charge in [-0.3, -0.25) is 14.5 Å². The fraction of sp³-hybridized carbons (Fsp3) is 0.391. The lowest BCUT2D eigenvalue weighted by atomic mass is 10.0. The number of carbonyl (C=O) groups is 2. The van der Waals surface area contributed by atoms with Gasteiger partial charge in [0.25, 0.3) is 0 Å². The summed E-state index contributed by atoms with van der Waals surface area (Å²) in [6.45, 7) is 4.08. The van der Waals surface area contributed by atoms with Gasteiger partial charge in [0.15, 0.2) is 0 Å². The molecule has 5 nitrogen and oxygen atoms in total. The van der Waals surface area contributed by atoms with Crippen LogP contribution in [-0.2, 0) is 27.4 Å². The second-order valence-corrected chi connectivity index (χ2v) is 7.57. The van der Waals surface area contributed by atoms with Crippen LogP contribution in [0, 0.1) is 5.92 Å². The Morgan fingerprint density at radius 1 is 1.00 bits per heavy atom. The van der Waals surface area contributed by atoms with Crippen LogP contribution in [0.2, 0.25) is 0 Å². The first-order valence-electron chi connectivity index (χ1n) is 9.96. The zero-order valence-electron chi connectivity index (χ0n) is 16.2. The van der Waals surface area contributed by atoms with Gasteiger partial charge in [-0.2, -0.15) is 0 Å². The van der Waals surface area contributed by atoms with E-state index in [0.29, 0.717) is 32.7 Å². The molecule has 0 radical (unpaired) electrons. The lowest BCUT2D eigenvalue weighted by molar-refractivity contribution is -0.150. The zero-order valence-corrected chi connectivity index (χ0v) is 16.2. The minimum Gasteiger partial charge on any atom is -0.465 e. The number of likely N-dealkylation sites (tertiary alicyclic amines) is 2. The second kappa shape index (κ2) is 8.15. The lowest BCUT2D eigenvalue weighted by Crippen LogP contribution is -2.46. The van der Waals surface area contributed by atoms with Gasteiger partial charge in [-0.1, -0.05) is 60.7 Å². The minimum absolute atomic E-state index is 0.122. The van der Waals surface area contributed by atoms with Crippen molar-refractivity contribution in [3.05, 3.63) is 71.8 Å². The number of esters is 1. The van der Waals surface area contributed by atoms with Crippen LogP contribution in [0.4, 0.5) is 0 Å². The molecule has 28 heavy (non-hydrogen) atoms. The van der Waals surface area contributed by atoms with E-state index in [2.05, 4.69) is 4.90 Å². The number of hydrogen-bond donors (Lipinski definition) is 0. The summed E-state index contributed by atoms with van der Waals surface area (Å²) in [6.07, 6.45) is 0.674. The van der Waals surface area contributed by atoms with Crippen LogP contribution >= 0.6 is 0 Å². The van der Waals surface area contributed by atoms with Gasteiger partial charge in [0.2, 0.25) is 5.91 Å². The van der Waals surface area contributed by atoms with Gasteiger partial charge in [-0.25, -0.2) is 0 Å². The number of nitrogens with zero attached hydrogens (tertiary/aromatic N) is 2. The summed E-state index contributed by atoms with van der Waals surface area (Å²) in [5.74, 6) is 0.0705. The summed E-state index contributed by atoms with van der Waals surface area (Å²) in [5.41, 5.74) is 2.24. The van der Waals surface area contributed by atoms with Crippen LogP contribution < -0.4 is 0 Å². The van der Waals surface area contributed by atoms with Crippen molar-refractivity contribution in [3.63, 3.8) is 0 Å². The highest BCUT2D eigenvalue weighted by Crippen LogP contribution is 2.38. The molecule has 4 rings (SSSR count). The Kier molecular flexibility index (Phi) is 5.44. The average molecular weight is 378 g/mol. The Labute approximate surface area is 165 Å². The maximum Gasteiger partial charge on any atom is 0.323 e. The van der Waals surface area contributed by atoms with Crippen molar-refractivity contribution in [2.75, 3.05) is 13.2 Å². The molecule has 1 amide bonds. The SMILES string of the molecule is CCOC(=O)[C@H]1C[C@@H]2CN(Cc3ccccc3)C(=O)[C@@H]2N1Cc1ccccc1. The summed E-state index contributed by atoms with van der Waals surface area (Å²) in [5, 5.41) is 0. The van der Waals surface area contributed by atoms with Gasteiger partial charge < -0.3 is 9.64 Å². The molecule has 0 bridgehead atoms. The number of rotatable bonds is 6. The number of benzene rings is 2. The maximum absolute atomic E-state index is 13.3. The third kappa shape index (κ3) is 3.67. The van der Waals surface area contributed by atoms with Gasteiger partial charge in [0.05, 0.1) is 12.6 Å². The number of hydrogen-bond acceptors (Lipinski definition) is 4. The molecule has 2 aliphatic rings. The first kappa shape index (κ1) is 18.7. The molecule has 0 N–H and O–H groups in total. The Balaban J connectivity index is 1.55. The molecule has 0 aliphatic carbocycles. The van der Waals surface area contributed by atoms with Crippen molar-refractivity contribution < 1.29 is 14.3 Å². The quantitative estimate of drug-likeness (QED) is 0.726. The summed E-state index contributed by atoms with van der Waals surface area (Å²) in [7, 11) is 0. The number of ether oxygens (including phenoxy) is 1. The summed E-state index contributed by atoms with van der Waals surface area (Å²) >= 11 is 0. The maximum atomic E-state index is 13.3. The van der Waals surface area contributed by atoms with E-state index in [4.69, 9.17) is 4.74 Å². The number of fused-ring (bicyclic) bond motifs is 1. The van der Waals surface area contributed by atoms with Crippen LogP contribution in [0.25, 0.3) is 0 Å². The molecule has 0 aromatic heterocycles. The molecule has 0 unspecified atom stereocenters. The Morgan fingerprint density at radius 3 is 2.21 bits per heavy atom. The highest BCUT2D eigenvalue weighted by molar-refractivity contribution is 5.87. The highest BCUT2D eigenvalue weighted by Gasteiger charge is 2.53. The molecular weight excluding hydrogens is 352 g/mol. The van der Waals surface area contributed by atoms with E-state index in [9.17, 15) is 9.59 Å². The van der Waals surface area contributed by atoms with Crippen LogP contribution in [0.5, 0.6) is 0 Å². The fourth-order valence-electron chi connectivity index (χ4n) is 4.51. The minimum atomic E-state index is -0.349. The van der Waals surface area contributed by atoms with Crippen molar-refractivity contribution in [3.8, 4) is 0 Å². The van der Waals surface area contributed by atoms with E-state index in [1.54, 1.807) is 0 Å². The van der Waals surface area contributed by atoms with Crippen molar-refractivity contribution in [1.29, 1.82) is 0 Å². The van der Waals surface area contributed by atoms with E-state index < -0.39 is 0 Å². The van der Waals surface area contributed by atoms with Gasteiger partial charge in [0, 0.05) is 25.6 Å². The molecule has 5 heteroatoms. The van der Waals surface area contributed by atoms with E-state index in [1.165, 1.54) is 0 Å². The van der Waals surface area contributed by atoms with Crippen LogP contribution in [0.1, 0.15) is 24.5 Å². The largest absolute Gasteiger partial charge is 0.465 e. The van der Waals surface area contributed by atoms with E-state index in [1.807, 2.05) is 72.5 Å². The first-order valence-corrected chi connectivity index (χ1v) is 9.96. The van der Waals surface area contributed by atoms with Crippen molar-refractivity contribution in [2.45, 2.75) is 38.5 Å². The Bertz CT molecular complexity index is 824. The smallest absolute Gasteiger partial charge is 0.323 e. The van der Waals surface area contributed by atoms with E-state index in [0.717, 1.165) is 11.1 Å². The Morgan fingerprint density at radius 2 is 1.61 bits per heavy atom. The molecule has 2 fully saturated rings. The predicted octanol–water partition coefficient (Wildman–Crippen LogP) is 2.85. The lowest BCUT2D eigenvalue weighted by Gasteiger charge is -2.28. The monoisotopic (exact) mass is 378 g/mol. The first-order chi connectivity index (χ1) is 13.7. The molecular formula is C23H26N2O3. The van der Waals surface area contributed by atoms with E-state index in [-0.39, 0.29) is 29.9 Å². The molecule has 0 spiro atoms. The van der Waals surface area contributed by atoms with Gasteiger partial charge in [-0.05, 0) is 24.5 Å². The third-order valence-corrected chi connectivity index (χ3v) is 5.73. The fourth-order valence-corrected chi connectivity index (χ4v) is 4.51. The molecule has 2 aromatic rings. The molecule has 0 saturated carbocycles. The normalized spacial score (nSPS) is 24.4. The van der Waals surface area contributed by atoms with Crippen molar-refractivity contribution in [2.24, 2.45) is 5.92 Å². The molecule has 2 aliphatic heterocycles. The summed E-state index contributed by atoms with van der Waals surface area (Å²) in [6, 6.07) is 19.5. The molecule has 2 saturated heterocycles. The molecule has 146 valence electrons. The molecule has 2 heterocycles. The molecule has 3 atom stereocenters. The topological polar surface area (TPSA) is 49.9 Å². The van der Waals surface area contributed by atoms with Crippen molar-refractivity contribution >= 4 is 11.9 Å². The standard InChI is InChI=1S/C23H26N2O3/c1-2-28-23(27)20-13-19-16-24(14-17-9-5-3-6-10-17)22(26)21(19)25(20)15-18-11-7-4-8-12-18/h3-12,19-21H,2,13-16H2,1H3/t19-,20-,21-/m1/s1. The predicted molar refractivity (Wildman–Crippen MR) is 106 cm³/mol.